The van der Waals surface area contributed by atoms with Gasteiger partial charge in [-0.05, 0) is 20.8 Å². The molecule has 0 atom stereocenters. The van der Waals surface area contributed by atoms with Gasteiger partial charge in [0.25, 0.3) is 5.78 Å². The number of hydrogen-bond acceptors (Lipinski definition) is 6. The average molecular weight is 340 g/mol. The summed E-state index contributed by atoms with van der Waals surface area (Å²) in [7, 11) is 0. The van der Waals surface area contributed by atoms with E-state index in [1.165, 1.54) is 20.8 Å². The van der Waals surface area contributed by atoms with E-state index in [4.69, 9.17) is 9.84 Å². The van der Waals surface area contributed by atoms with Gasteiger partial charge in [-0.1, -0.05) is 11.3 Å². The molecule has 0 aliphatic rings. The second kappa shape index (κ2) is 5.91. The van der Waals surface area contributed by atoms with Gasteiger partial charge in [-0.15, -0.1) is 0 Å². The minimum absolute atomic E-state index is 0.0657. The second-order valence-corrected chi connectivity index (χ2v) is 5.95. The lowest BCUT2D eigenvalue weighted by Crippen LogP contribution is -2.27. The molecule has 0 bridgehead atoms. The first kappa shape index (κ1) is 17.9. The molecule has 1 aromatic heterocycles. The Labute approximate surface area is 126 Å². The Morgan fingerprint density at radius 2 is 1.77 bits per heavy atom. The Kier molecular flexibility index (Phi) is 4.80. The molecule has 1 amide bonds. The highest BCUT2D eigenvalue weighted by molar-refractivity contribution is 7.16. The van der Waals surface area contributed by atoms with E-state index < -0.39 is 45.3 Å². The molecule has 0 radical (unpaired) electrons. The van der Waals surface area contributed by atoms with E-state index in [0.29, 0.717) is 0 Å². The second-order valence-electron chi connectivity index (χ2n) is 4.96. The van der Waals surface area contributed by atoms with Crippen molar-refractivity contribution in [2.45, 2.75) is 32.5 Å². The number of Topliss-reactive ketones (excluding diaryl/α,β-unsaturated/α-hetero) is 1. The largest absolute Gasteiger partial charge is 0.475 e. The number of halogens is 3. The van der Waals surface area contributed by atoms with Crippen molar-refractivity contribution in [1.29, 1.82) is 0 Å². The predicted molar refractivity (Wildman–Crippen MR) is 68.9 cm³/mol. The van der Waals surface area contributed by atoms with Crippen molar-refractivity contribution in [1.82, 2.24) is 4.98 Å². The molecular weight excluding hydrogens is 329 g/mol. The van der Waals surface area contributed by atoms with E-state index in [2.05, 4.69) is 4.98 Å². The summed E-state index contributed by atoms with van der Waals surface area (Å²) in [5, 5.41) is 9.84. The van der Waals surface area contributed by atoms with Gasteiger partial charge in [0.05, 0.1) is 0 Å². The highest BCUT2D eigenvalue weighted by Gasteiger charge is 2.41. The first-order chi connectivity index (χ1) is 9.81. The van der Waals surface area contributed by atoms with Crippen LogP contribution in [0.25, 0.3) is 0 Å². The maximum atomic E-state index is 12.8. The number of thiazole rings is 1. The third-order valence-electron chi connectivity index (χ3n) is 1.90. The molecule has 7 nitrogen and oxygen atoms in total. The lowest BCUT2D eigenvalue weighted by molar-refractivity contribution is -0.135. The number of aromatic nitrogens is 1. The van der Waals surface area contributed by atoms with Crippen LogP contribution in [0.4, 0.5) is 23.1 Å². The maximum Gasteiger partial charge on any atom is 0.427 e. The van der Waals surface area contributed by atoms with Crippen LogP contribution in [0.1, 0.15) is 36.1 Å². The number of hydrogen-bond donors (Lipinski definition) is 2. The molecule has 0 saturated carbocycles. The van der Waals surface area contributed by atoms with Crippen LogP contribution in [0, 0.1) is 0 Å². The van der Waals surface area contributed by atoms with E-state index in [-0.39, 0.29) is 11.3 Å². The highest BCUT2D eigenvalue weighted by atomic mass is 32.1. The van der Waals surface area contributed by atoms with Gasteiger partial charge in [0.1, 0.15) is 16.2 Å². The standard InChI is InChI=1S/C11H11F3N2O5S/c1-10(2,3)21-9(20)16-8-15-4(5(17)7(18)19)6(22-8)11(12,13)14/h1-3H3,(H,18,19)(H,15,16,20). The number of ether oxygens (including phenoxy) is 1. The lowest BCUT2D eigenvalue weighted by Gasteiger charge is -2.18. The number of carbonyl (C=O) groups excluding carboxylic acids is 2. The smallest absolute Gasteiger partial charge is 0.427 e. The van der Waals surface area contributed by atoms with Gasteiger partial charge in [-0.3, -0.25) is 10.1 Å². The summed E-state index contributed by atoms with van der Waals surface area (Å²) in [5.41, 5.74) is -2.18. The van der Waals surface area contributed by atoms with Crippen molar-refractivity contribution in [2.24, 2.45) is 0 Å². The van der Waals surface area contributed by atoms with Gasteiger partial charge in [0, 0.05) is 0 Å². The molecule has 0 aromatic carbocycles. The van der Waals surface area contributed by atoms with E-state index in [1.807, 2.05) is 5.32 Å². The number of nitrogens with zero attached hydrogens (tertiary/aromatic N) is 1. The Hall–Kier alpha value is -2.17. The minimum Gasteiger partial charge on any atom is -0.475 e. The van der Waals surface area contributed by atoms with E-state index in [9.17, 15) is 27.6 Å². The SMILES string of the molecule is CC(C)(C)OC(=O)Nc1nc(C(=O)C(=O)O)c(C(F)(F)F)s1. The normalized spacial score (nSPS) is 11.9. The zero-order chi connectivity index (χ0) is 17.3. The first-order valence-corrected chi connectivity index (χ1v) is 6.48. The van der Waals surface area contributed by atoms with Crippen molar-refractivity contribution in [3.05, 3.63) is 10.6 Å². The van der Waals surface area contributed by atoms with Crippen molar-refractivity contribution >= 4 is 34.3 Å². The molecule has 22 heavy (non-hydrogen) atoms. The fourth-order valence-corrected chi connectivity index (χ4v) is 2.03. The summed E-state index contributed by atoms with van der Waals surface area (Å²) in [6.07, 6.45) is -6.06. The number of ketones is 1. The minimum atomic E-state index is -4.98. The van der Waals surface area contributed by atoms with Crippen molar-refractivity contribution < 1.29 is 37.4 Å². The Morgan fingerprint density at radius 1 is 1.23 bits per heavy atom. The molecule has 11 heteroatoms. The van der Waals surface area contributed by atoms with Crippen LogP contribution >= 0.6 is 11.3 Å². The molecule has 2 N–H and O–H groups in total. The van der Waals surface area contributed by atoms with Gasteiger partial charge in [0.15, 0.2) is 5.13 Å². The Balaban J connectivity index is 3.12. The van der Waals surface area contributed by atoms with Crippen LogP contribution in [0.2, 0.25) is 0 Å². The summed E-state index contributed by atoms with van der Waals surface area (Å²) in [5.74, 6) is -3.90. The summed E-state index contributed by atoms with van der Waals surface area (Å²) >= 11 is -0.0657. The fraction of sp³-hybridized carbons (Fsp3) is 0.455. The van der Waals surface area contributed by atoms with E-state index >= 15 is 0 Å². The van der Waals surface area contributed by atoms with Crippen molar-refractivity contribution in [3.8, 4) is 0 Å². The molecule has 0 spiro atoms. The van der Waals surface area contributed by atoms with Gasteiger partial charge in [-0.25, -0.2) is 14.6 Å². The monoisotopic (exact) mass is 340 g/mol. The van der Waals surface area contributed by atoms with E-state index in [0.717, 1.165) is 0 Å². The summed E-state index contributed by atoms with van der Waals surface area (Å²) in [6.45, 7) is 4.61. The quantitative estimate of drug-likeness (QED) is 0.647. The topological polar surface area (TPSA) is 106 Å². The van der Waals surface area contributed by atoms with E-state index in [1.54, 1.807) is 0 Å². The van der Waals surface area contributed by atoms with Gasteiger partial charge in [-0.2, -0.15) is 13.2 Å². The number of carbonyl (C=O) groups is 3. The highest BCUT2D eigenvalue weighted by Crippen LogP contribution is 2.38. The molecule has 1 heterocycles. The van der Waals surface area contributed by atoms with Crippen LogP contribution < -0.4 is 5.32 Å². The number of rotatable bonds is 3. The average Bonchev–Trinajstić information content (AvgIpc) is 2.68. The number of anilines is 1. The summed E-state index contributed by atoms with van der Waals surface area (Å²) in [6, 6.07) is 0. The molecule has 0 aliphatic heterocycles. The van der Waals surface area contributed by atoms with Crippen LogP contribution in [-0.2, 0) is 15.7 Å². The number of carboxylic acid groups (broad SMARTS) is 1. The third-order valence-corrected chi connectivity index (χ3v) is 2.92. The number of alkyl halides is 3. The molecule has 0 fully saturated rings. The zero-order valence-electron chi connectivity index (χ0n) is 11.6. The van der Waals surface area contributed by atoms with Crippen LogP contribution in [0.15, 0.2) is 0 Å². The number of nitrogens with one attached hydrogen (secondary N) is 1. The van der Waals surface area contributed by atoms with Crippen molar-refractivity contribution in [2.75, 3.05) is 5.32 Å². The van der Waals surface area contributed by atoms with Crippen LogP contribution in [0.5, 0.6) is 0 Å². The molecule has 1 aromatic rings. The third kappa shape index (κ3) is 4.69. The van der Waals surface area contributed by atoms with Crippen molar-refractivity contribution in [3.63, 3.8) is 0 Å². The van der Waals surface area contributed by atoms with Gasteiger partial charge in [0.2, 0.25) is 0 Å². The molecule has 0 unspecified atom stereocenters. The lowest BCUT2D eigenvalue weighted by atomic mass is 10.2. The zero-order valence-corrected chi connectivity index (χ0v) is 12.4. The summed E-state index contributed by atoms with van der Waals surface area (Å²) < 4.78 is 43.1. The summed E-state index contributed by atoms with van der Waals surface area (Å²) in [4.78, 5) is 34.9. The molecule has 0 saturated heterocycles. The molecule has 1 rings (SSSR count). The number of amides is 1. The van der Waals surface area contributed by atoms with Gasteiger partial charge < -0.3 is 9.84 Å². The Morgan fingerprint density at radius 3 is 2.18 bits per heavy atom. The number of carboxylic acids is 1. The fourth-order valence-electron chi connectivity index (χ4n) is 1.21. The Bertz CT molecular complexity index is 618. The molecular formula is C11H11F3N2O5S. The predicted octanol–water partition coefficient (Wildman–Crippen LogP) is 2.78. The van der Waals surface area contributed by atoms with Crippen LogP contribution in [-0.4, -0.2) is 33.5 Å². The molecule has 0 aliphatic carbocycles. The first-order valence-electron chi connectivity index (χ1n) is 5.67. The van der Waals surface area contributed by atoms with Gasteiger partial charge >= 0.3 is 18.2 Å². The van der Waals surface area contributed by atoms with Crippen LogP contribution in [0.3, 0.4) is 0 Å². The molecule has 122 valence electrons. The number of aliphatic carboxylic acids is 1. The maximum absolute atomic E-state index is 12.8.